The summed E-state index contributed by atoms with van der Waals surface area (Å²) in [6.07, 6.45) is 0.802. The highest BCUT2D eigenvalue weighted by Crippen LogP contribution is 2.18. The van der Waals surface area contributed by atoms with E-state index in [0.717, 1.165) is 26.1 Å². The van der Waals surface area contributed by atoms with Gasteiger partial charge in [-0.15, -0.1) is 0 Å². The van der Waals surface area contributed by atoms with Crippen molar-refractivity contribution in [2.75, 3.05) is 33.7 Å². The molecular weight excluding hydrogens is 230 g/mol. The van der Waals surface area contributed by atoms with Crippen LogP contribution in [0.15, 0.2) is 0 Å². The van der Waals surface area contributed by atoms with Gasteiger partial charge in [-0.2, -0.15) is 0 Å². The Labute approximate surface area is 110 Å². The molecule has 1 saturated heterocycles. The van der Waals surface area contributed by atoms with E-state index in [1.165, 1.54) is 0 Å². The molecule has 0 aliphatic carbocycles. The molecule has 1 aliphatic rings. The van der Waals surface area contributed by atoms with Gasteiger partial charge < -0.3 is 20.3 Å². The number of hydrogen-bond acceptors (Lipinski definition) is 4. The van der Waals surface area contributed by atoms with E-state index in [1.54, 1.807) is 0 Å². The molecule has 0 radical (unpaired) electrons. The first-order valence-electron chi connectivity index (χ1n) is 6.64. The number of hydrogen-bond donors (Lipinski definition) is 2. The molecule has 1 aliphatic heterocycles. The quantitative estimate of drug-likeness (QED) is 0.790. The fourth-order valence-corrected chi connectivity index (χ4v) is 2.31. The molecule has 1 fully saturated rings. The number of rotatable bonds is 4. The Morgan fingerprint density at radius 2 is 2.17 bits per heavy atom. The Kier molecular flexibility index (Phi) is 5.41. The zero-order valence-electron chi connectivity index (χ0n) is 12.2. The molecule has 2 unspecified atom stereocenters. The number of carbonyl (C=O) groups is 1. The zero-order valence-corrected chi connectivity index (χ0v) is 12.2. The minimum atomic E-state index is -0.444. The van der Waals surface area contributed by atoms with Gasteiger partial charge in [-0.25, -0.2) is 4.79 Å². The number of alkyl carbamates (subject to hydrolysis) is 1. The van der Waals surface area contributed by atoms with Crippen LogP contribution in [0.4, 0.5) is 4.79 Å². The Bertz CT molecular complexity index is 276. The predicted octanol–water partition coefficient (Wildman–Crippen LogP) is 1.05. The molecule has 0 saturated carbocycles. The maximum atomic E-state index is 11.8. The van der Waals surface area contributed by atoms with E-state index in [4.69, 9.17) is 4.74 Å². The number of nitrogens with one attached hydrogen (secondary N) is 2. The van der Waals surface area contributed by atoms with Gasteiger partial charge in [0, 0.05) is 19.1 Å². The van der Waals surface area contributed by atoms with Gasteiger partial charge in [0.15, 0.2) is 0 Å². The molecule has 0 aromatic carbocycles. The van der Waals surface area contributed by atoms with Crippen LogP contribution >= 0.6 is 0 Å². The van der Waals surface area contributed by atoms with Crippen LogP contribution in [0, 0.1) is 5.92 Å². The van der Waals surface area contributed by atoms with Crippen molar-refractivity contribution in [1.29, 1.82) is 0 Å². The van der Waals surface area contributed by atoms with Gasteiger partial charge in [-0.1, -0.05) is 0 Å². The molecule has 0 aromatic heterocycles. The summed E-state index contributed by atoms with van der Waals surface area (Å²) in [6, 6.07) is 0.134. The highest BCUT2D eigenvalue weighted by atomic mass is 16.6. The Balaban J connectivity index is 2.49. The molecule has 0 bridgehead atoms. The summed E-state index contributed by atoms with van der Waals surface area (Å²) in [5, 5.41) is 6.13. The molecule has 5 nitrogen and oxygen atoms in total. The number of ether oxygens (including phenoxy) is 1. The topological polar surface area (TPSA) is 53.6 Å². The van der Waals surface area contributed by atoms with E-state index >= 15 is 0 Å². The monoisotopic (exact) mass is 257 g/mol. The van der Waals surface area contributed by atoms with Crippen molar-refractivity contribution in [3.8, 4) is 0 Å². The van der Waals surface area contributed by atoms with Crippen molar-refractivity contribution in [2.45, 2.75) is 38.8 Å². The molecule has 2 atom stereocenters. The van der Waals surface area contributed by atoms with Crippen LogP contribution in [-0.2, 0) is 4.74 Å². The van der Waals surface area contributed by atoms with E-state index in [0.29, 0.717) is 5.92 Å². The SMILES string of the molecule is CNCC(NC(=O)OC(C)(C)C)C1CCN(C)C1. The highest BCUT2D eigenvalue weighted by Gasteiger charge is 2.29. The lowest BCUT2D eigenvalue weighted by molar-refractivity contribution is 0.0487. The third-order valence-electron chi connectivity index (χ3n) is 3.12. The van der Waals surface area contributed by atoms with Gasteiger partial charge in [0.05, 0.1) is 0 Å². The normalized spacial score (nSPS) is 22.8. The van der Waals surface area contributed by atoms with Crippen molar-refractivity contribution in [3.63, 3.8) is 0 Å². The average Bonchev–Trinajstić information content (AvgIpc) is 2.61. The van der Waals surface area contributed by atoms with E-state index in [2.05, 4.69) is 22.6 Å². The van der Waals surface area contributed by atoms with Crippen molar-refractivity contribution in [3.05, 3.63) is 0 Å². The summed E-state index contributed by atoms with van der Waals surface area (Å²) in [7, 11) is 4.02. The number of nitrogens with zero attached hydrogens (tertiary/aromatic N) is 1. The maximum Gasteiger partial charge on any atom is 0.407 e. The molecule has 1 heterocycles. The van der Waals surface area contributed by atoms with Crippen molar-refractivity contribution < 1.29 is 9.53 Å². The Morgan fingerprint density at radius 1 is 1.50 bits per heavy atom. The van der Waals surface area contributed by atoms with Crippen LogP contribution in [0.2, 0.25) is 0 Å². The van der Waals surface area contributed by atoms with Gasteiger partial charge in [-0.3, -0.25) is 0 Å². The Morgan fingerprint density at radius 3 is 2.61 bits per heavy atom. The van der Waals surface area contributed by atoms with Crippen LogP contribution in [0.3, 0.4) is 0 Å². The smallest absolute Gasteiger partial charge is 0.407 e. The van der Waals surface area contributed by atoms with E-state index in [-0.39, 0.29) is 12.1 Å². The summed E-state index contributed by atoms with van der Waals surface area (Å²) in [5.74, 6) is 0.495. The molecule has 18 heavy (non-hydrogen) atoms. The standard InChI is InChI=1S/C13H27N3O2/c1-13(2,3)18-12(17)15-11(8-14-4)10-6-7-16(5)9-10/h10-11,14H,6-9H2,1-5H3,(H,15,17). The second-order valence-electron chi connectivity index (χ2n) is 6.12. The lowest BCUT2D eigenvalue weighted by Crippen LogP contribution is -2.48. The van der Waals surface area contributed by atoms with E-state index in [9.17, 15) is 4.79 Å². The van der Waals surface area contributed by atoms with Gasteiger partial charge in [0.2, 0.25) is 0 Å². The first-order valence-corrected chi connectivity index (χ1v) is 6.64. The lowest BCUT2D eigenvalue weighted by Gasteiger charge is -2.27. The average molecular weight is 257 g/mol. The van der Waals surface area contributed by atoms with Gasteiger partial charge in [0.25, 0.3) is 0 Å². The highest BCUT2D eigenvalue weighted by molar-refractivity contribution is 5.68. The summed E-state index contributed by atoms with van der Waals surface area (Å²) in [4.78, 5) is 14.1. The van der Waals surface area contributed by atoms with Crippen LogP contribution in [0.25, 0.3) is 0 Å². The first-order chi connectivity index (χ1) is 8.31. The summed E-state index contributed by atoms with van der Waals surface area (Å²) in [6.45, 7) is 8.54. The number of carbonyl (C=O) groups excluding carboxylic acids is 1. The largest absolute Gasteiger partial charge is 0.444 e. The second-order valence-corrected chi connectivity index (χ2v) is 6.12. The molecule has 5 heteroatoms. The third-order valence-corrected chi connectivity index (χ3v) is 3.12. The van der Waals surface area contributed by atoms with Crippen molar-refractivity contribution >= 4 is 6.09 Å². The Hall–Kier alpha value is -0.810. The van der Waals surface area contributed by atoms with E-state index in [1.807, 2.05) is 27.8 Å². The molecule has 1 rings (SSSR count). The summed E-state index contributed by atoms with van der Waals surface area (Å²) < 4.78 is 5.31. The number of amides is 1. The van der Waals surface area contributed by atoms with Crippen LogP contribution in [-0.4, -0.2) is 56.4 Å². The number of likely N-dealkylation sites (tertiary alicyclic amines) is 1. The fourth-order valence-electron chi connectivity index (χ4n) is 2.31. The zero-order chi connectivity index (χ0) is 13.8. The third kappa shape index (κ3) is 5.23. The molecule has 0 aromatic rings. The molecule has 0 spiro atoms. The first kappa shape index (κ1) is 15.2. The molecular formula is C13H27N3O2. The minimum Gasteiger partial charge on any atom is -0.444 e. The molecule has 1 amide bonds. The van der Waals surface area contributed by atoms with Gasteiger partial charge >= 0.3 is 6.09 Å². The van der Waals surface area contributed by atoms with Gasteiger partial charge in [0.1, 0.15) is 5.60 Å². The van der Waals surface area contributed by atoms with E-state index < -0.39 is 5.60 Å². The van der Waals surface area contributed by atoms with Crippen LogP contribution in [0.1, 0.15) is 27.2 Å². The summed E-state index contributed by atoms with van der Waals surface area (Å²) in [5.41, 5.74) is -0.444. The van der Waals surface area contributed by atoms with Crippen molar-refractivity contribution in [2.24, 2.45) is 5.92 Å². The lowest BCUT2D eigenvalue weighted by atomic mass is 9.99. The van der Waals surface area contributed by atoms with Crippen molar-refractivity contribution in [1.82, 2.24) is 15.5 Å². The molecule has 2 N–H and O–H groups in total. The minimum absolute atomic E-state index is 0.134. The second kappa shape index (κ2) is 6.38. The number of likely N-dealkylation sites (N-methyl/N-ethyl adjacent to an activating group) is 1. The maximum absolute atomic E-state index is 11.8. The summed E-state index contributed by atoms with van der Waals surface area (Å²) >= 11 is 0. The van der Waals surface area contributed by atoms with Crippen LogP contribution in [0.5, 0.6) is 0 Å². The van der Waals surface area contributed by atoms with Crippen LogP contribution < -0.4 is 10.6 Å². The predicted molar refractivity (Wildman–Crippen MR) is 72.7 cm³/mol. The van der Waals surface area contributed by atoms with Gasteiger partial charge in [-0.05, 0) is 53.8 Å². The molecule has 106 valence electrons. The fraction of sp³-hybridized carbons (Fsp3) is 0.923.